The summed E-state index contributed by atoms with van der Waals surface area (Å²) < 4.78 is 18.7. The number of rotatable bonds is 3. The van der Waals surface area contributed by atoms with E-state index in [-0.39, 0.29) is 5.82 Å². The minimum Gasteiger partial charge on any atom is -0.495 e. The van der Waals surface area contributed by atoms with Crippen molar-refractivity contribution in [2.24, 2.45) is 5.73 Å². The van der Waals surface area contributed by atoms with E-state index in [2.05, 4.69) is 0 Å². The fourth-order valence-electron chi connectivity index (χ4n) is 1.39. The van der Waals surface area contributed by atoms with Crippen LogP contribution < -0.4 is 10.5 Å². The van der Waals surface area contributed by atoms with Gasteiger partial charge in [-0.05, 0) is 31.5 Å². The molecule has 2 nitrogen and oxygen atoms in total. The zero-order valence-corrected chi connectivity index (χ0v) is 8.99. The van der Waals surface area contributed by atoms with Crippen LogP contribution >= 0.6 is 11.6 Å². The van der Waals surface area contributed by atoms with Crippen LogP contribution in [0.25, 0.3) is 0 Å². The topological polar surface area (TPSA) is 35.2 Å². The van der Waals surface area contributed by atoms with Crippen molar-refractivity contribution in [1.29, 1.82) is 0 Å². The van der Waals surface area contributed by atoms with Gasteiger partial charge in [0, 0.05) is 5.56 Å². The summed E-state index contributed by atoms with van der Waals surface area (Å²) in [5.41, 5.74) is 6.36. The van der Waals surface area contributed by atoms with Crippen molar-refractivity contribution < 1.29 is 9.13 Å². The summed E-state index contributed by atoms with van der Waals surface area (Å²) in [6.45, 7) is 2.04. The second-order valence-corrected chi connectivity index (χ2v) is 3.45. The number of nitrogens with two attached hydrogens (primary N) is 1. The van der Waals surface area contributed by atoms with Crippen LogP contribution in [0.4, 0.5) is 4.39 Å². The van der Waals surface area contributed by atoms with Crippen molar-refractivity contribution >= 4 is 11.6 Å². The van der Waals surface area contributed by atoms with Crippen LogP contribution in [0.1, 0.15) is 11.1 Å². The van der Waals surface area contributed by atoms with Crippen molar-refractivity contribution in [2.75, 3.05) is 13.7 Å². The van der Waals surface area contributed by atoms with Gasteiger partial charge in [-0.25, -0.2) is 4.39 Å². The van der Waals surface area contributed by atoms with Crippen LogP contribution in [0.5, 0.6) is 5.75 Å². The van der Waals surface area contributed by atoms with Gasteiger partial charge >= 0.3 is 0 Å². The highest BCUT2D eigenvalue weighted by molar-refractivity contribution is 6.32. The lowest BCUT2D eigenvalue weighted by Crippen LogP contribution is -2.07. The van der Waals surface area contributed by atoms with Gasteiger partial charge in [0.15, 0.2) is 0 Å². The van der Waals surface area contributed by atoms with Gasteiger partial charge in [-0.1, -0.05) is 11.6 Å². The zero-order valence-electron chi connectivity index (χ0n) is 8.23. The van der Waals surface area contributed by atoms with Crippen LogP contribution in [0, 0.1) is 12.7 Å². The highest BCUT2D eigenvalue weighted by Crippen LogP contribution is 2.32. The van der Waals surface area contributed by atoms with E-state index in [9.17, 15) is 4.39 Å². The number of hydrogen-bond donors (Lipinski definition) is 1. The maximum absolute atomic E-state index is 13.6. The summed E-state index contributed by atoms with van der Waals surface area (Å²) in [5, 5.41) is 0.426. The summed E-state index contributed by atoms with van der Waals surface area (Å²) in [6.07, 6.45) is 0.427. The van der Waals surface area contributed by atoms with Crippen LogP contribution in [0.15, 0.2) is 6.07 Å². The number of halogens is 2. The molecular weight excluding hydrogens is 205 g/mol. The van der Waals surface area contributed by atoms with Crippen LogP contribution in [0.3, 0.4) is 0 Å². The SMILES string of the molecule is COc1c(Cl)cc(C)c(F)c1CCN. The second kappa shape index (κ2) is 4.62. The van der Waals surface area contributed by atoms with Gasteiger partial charge in [0.05, 0.1) is 12.1 Å². The first kappa shape index (κ1) is 11.3. The van der Waals surface area contributed by atoms with Gasteiger partial charge in [-0.15, -0.1) is 0 Å². The summed E-state index contributed by atoms with van der Waals surface area (Å²) >= 11 is 5.91. The Hall–Kier alpha value is -0.800. The molecule has 0 aliphatic heterocycles. The van der Waals surface area contributed by atoms with E-state index < -0.39 is 0 Å². The Balaban J connectivity index is 3.32. The van der Waals surface area contributed by atoms with E-state index in [1.54, 1.807) is 13.0 Å². The van der Waals surface area contributed by atoms with Gasteiger partial charge in [-0.3, -0.25) is 0 Å². The summed E-state index contributed by atoms with van der Waals surface area (Å²) in [6, 6.07) is 1.55. The Morgan fingerprint density at radius 2 is 2.21 bits per heavy atom. The highest BCUT2D eigenvalue weighted by Gasteiger charge is 2.15. The number of benzene rings is 1. The van der Waals surface area contributed by atoms with Gasteiger partial charge in [-0.2, -0.15) is 0 Å². The Kier molecular flexibility index (Phi) is 3.72. The molecule has 0 saturated carbocycles. The number of hydrogen-bond acceptors (Lipinski definition) is 2. The van der Waals surface area contributed by atoms with Crippen molar-refractivity contribution in [3.63, 3.8) is 0 Å². The molecule has 0 heterocycles. The van der Waals surface area contributed by atoms with Gasteiger partial charge in [0.25, 0.3) is 0 Å². The minimum absolute atomic E-state index is 0.281. The minimum atomic E-state index is -0.281. The molecule has 0 aromatic heterocycles. The van der Waals surface area contributed by atoms with Crippen LogP contribution in [0.2, 0.25) is 5.02 Å². The second-order valence-electron chi connectivity index (χ2n) is 3.04. The van der Waals surface area contributed by atoms with Crippen LogP contribution in [-0.4, -0.2) is 13.7 Å². The largest absolute Gasteiger partial charge is 0.495 e. The normalized spacial score (nSPS) is 10.4. The fraction of sp³-hybridized carbons (Fsp3) is 0.400. The third-order valence-corrected chi connectivity index (χ3v) is 2.32. The third kappa shape index (κ3) is 1.99. The van der Waals surface area contributed by atoms with E-state index in [4.69, 9.17) is 22.1 Å². The third-order valence-electron chi connectivity index (χ3n) is 2.04. The lowest BCUT2D eigenvalue weighted by atomic mass is 10.1. The average molecular weight is 218 g/mol. The maximum atomic E-state index is 13.6. The van der Waals surface area contributed by atoms with Gasteiger partial charge in [0.2, 0.25) is 0 Å². The summed E-state index contributed by atoms with van der Waals surface area (Å²) in [5.74, 6) is 0.108. The smallest absolute Gasteiger partial charge is 0.143 e. The standard InChI is InChI=1S/C10H13ClFNO/c1-6-5-8(11)10(14-2)7(3-4-13)9(6)12/h5H,3-4,13H2,1-2H3. The lowest BCUT2D eigenvalue weighted by Gasteiger charge is -2.12. The van der Waals surface area contributed by atoms with E-state index >= 15 is 0 Å². The number of aryl methyl sites for hydroxylation is 1. The van der Waals surface area contributed by atoms with Crippen molar-refractivity contribution in [3.8, 4) is 5.75 Å². The molecule has 0 spiro atoms. The molecule has 0 aliphatic rings. The van der Waals surface area contributed by atoms with Crippen molar-refractivity contribution in [2.45, 2.75) is 13.3 Å². The molecule has 0 bridgehead atoms. The first-order valence-electron chi connectivity index (χ1n) is 4.33. The van der Waals surface area contributed by atoms with E-state index in [1.165, 1.54) is 7.11 Å². The summed E-state index contributed by atoms with van der Waals surface area (Å²) in [7, 11) is 1.47. The lowest BCUT2D eigenvalue weighted by molar-refractivity contribution is 0.404. The predicted octanol–water partition coefficient (Wildman–Crippen LogP) is 2.30. The highest BCUT2D eigenvalue weighted by atomic mass is 35.5. The molecule has 14 heavy (non-hydrogen) atoms. The molecule has 0 atom stereocenters. The molecule has 0 fully saturated rings. The first-order valence-corrected chi connectivity index (χ1v) is 4.71. The molecule has 1 aromatic rings. The molecule has 78 valence electrons. The Labute approximate surface area is 87.8 Å². The van der Waals surface area contributed by atoms with Crippen molar-refractivity contribution in [3.05, 3.63) is 28.0 Å². The van der Waals surface area contributed by atoms with E-state index in [0.29, 0.717) is 34.9 Å². The molecule has 0 saturated heterocycles. The summed E-state index contributed by atoms with van der Waals surface area (Å²) in [4.78, 5) is 0. The maximum Gasteiger partial charge on any atom is 0.143 e. The molecule has 1 aromatic carbocycles. The van der Waals surface area contributed by atoms with E-state index in [0.717, 1.165) is 0 Å². The monoisotopic (exact) mass is 217 g/mol. The molecule has 0 amide bonds. The predicted molar refractivity (Wildman–Crippen MR) is 55.5 cm³/mol. The molecule has 0 aliphatic carbocycles. The van der Waals surface area contributed by atoms with Crippen LogP contribution in [-0.2, 0) is 6.42 Å². The van der Waals surface area contributed by atoms with Gasteiger partial charge < -0.3 is 10.5 Å². The van der Waals surface area contributed by atoms with Gasteiger partial charge in [0.1, 0.15) is 11.6 Å². The quantitative estimate of drug-likeness (QED) is 0.843. The molecule has 0 radical (unpaired) electrons. The molecule has 2 N–H and O–H groups in total. The van der Waals surface area contributed by atoms with E-state index in [1.807, 2.05) is 0 Å². The molecular formula is C10H13ClFNO. The van der Waals surface area contributed by atoms with Crippen molar-refractivity contribution in [1.82, 2.24) is 0 Å². The number of methoxy groups -OCH3 is 1. The fourth-order valence-corrected chi connectivity index (χ4v) is 1.74. The molecule has 4 heteroatoms. The molecule has 1 rings (SSSR count). The Bertz CT molecular complexity index is 341. The first-order chi connectivity index (χ1) is 6.61. The number of ether oxygens (including phenoxy) is 1. The zero-order chi connectivity index (χ0) is 10.7. The average Bonchev–Trinajstić information content (AvgIpc) is 2.14. The molecule has 0 unspecified atom stereocenters. The Morgan fingerprint density at radius 1 is 1.57 bits per heavy atom. The Morgan fingerprint density at radius 3 is 2.71 bits per heavy atom.